The second-order valence-corrected chi connectivity index (χ2v) is 14.2. The van der Waals surface area contributed by atoms with Gasteiger partial charge in [0.25, 0.3) is 0 Å². The molecule has 1 unspecified atom stereocenters. The topological polar surface area (TPSA) is 125 Å². The Balaban J connectivity index is 1.51. The van der Waals surface area contributed by atoms with Crippen molar-refractivity contribution in [3.05, 3.63) is 97.1 Å². The van der Waals surface area contributed by atoms with E-state index >= 15 is 0 Å². The van der Waals surface area contributed by atoms with E-state index in [1.54, 1.807) is 24.0 Å². The first-order chi connectivity index (χ1) is 24.6. The summed E-state index contributed by atoms with van der Waals surface area (Å²) in [4.78, 5) is 60.2. The van der Waals surface area contributed by atoms with Crippen LogP contribution >= 0.6 is 0 Å². The molecule has 5 rings (SSSR count). The van der Waals surface area contributed by atoms with Gasteiger partial charge in [-0.3, -0.25) is 19.2 Å². The summed E-state index contributed by atoms with van der Waals surface area (Å²) in [5.41, 5.74) is 0.329. The van der Waals surface area contributed by atoms with Gasteiger partial charge in [-0.05, 0) is 57.1 Å². The van der Waals surface area contributed by atoms with Crippen molar-refractivity contribution in [3.8, 4) is 0 Å². The second-order valence-electron chi connectivity index (χ2n) is 14.2. The van der Waals surface area contributed by atoms with Crippen molar-refractivity contribution in [2.75, 3.05) is 13.2 Å². The molecule has 10 heteroatoms. The van der Waals surface area contributed by atoms with Gasteiger partial charge in [-0.2, -0.15) is 0 Å². The number of aliphatic hydroxyl groups is 1. The van der Waals surface area contributed by atoms with E-state index in [1.165, 1.54) is 4.90 Å². The summed E-state index contributed by atoms with van der Waals surface area (Å²) in [6.07, 6.45) is 5.47. The number of hydrogen-bond donors (Lipinski definition) is 2. The van der Waals surface area contributed by atoms with Gasteiger partial charge in [-0.25, -0.2) is 0 Å². The SMILES string of the molecule is C=CCCC(=O)N[C@H](C)[C@@H](OC(=O)[C@@H]1[C@@H]2CC[C@]3(O2)[C@H](C(=O)N(CC=C)C(C)CCC)N([C@@H](CO)Cc2ccccc2)C(=O)[C@@H]13)c1ccccc1. The number of nitrogens with zero attached hydrogens (tertiary/aromatic N) is 2. The smallest absolute Gasteiger partial charge is 0.313 e. The van der Waals surface area contributed by atoms with Crippen LogP contribution in [0.3, 0.4) is 0 Å². The fourth-order valence-electron chi connectivity index (χ4n) is 8.47. The minimum absolute atomic E-state index is 0.135. The molecule has 2 aromatic carbocycles. The lowest BCUT2D eigenvalue weighted by molar-refractivity contribution is -0.162. The van der Waals surface area contributed by atoms with Crippen LogP contribution in [0.25, 0.3) is 0 Å². The third kappa shape index (κ3) is 7.67. The molecule has 9 atom stereocenters. The first-order valence-electron chi connectivity index (χ1n) is 18.3. The van der Waals surface area contributed by atoms with E-state index in [0.717, 1.165) is 18.4 Å². The molecule has 51 heavy (non-hydrogen) atoms. The normalized spacial score (nSPS) is 25.7. The summed E-state index contributed by atoms with van der Waals surface area (Å²) < 4.78 is 13.0. The van der Waals surface area contributed by atoms with E-state index in [0.29, 0.717) is 31.2 Å². The zero-order chi connectivity index (χ0) is 36.7. The molecule has 3 fully saturated rings. The number of carbonyl (C=O) groups excluding carboxylic acids is 4. The minimum atomic E-state index is -1.27. The van der Waals surface area contributed by atoms with Crippen molar-refractivity contribution in [3.63, 3.8) is 0 Å². The standard InChI is InChI=1S/C41H53N3O7/c1-6-9-21-33(46)42-28(5)36(30-19-14-11-15-20-30)50-40(49)34-32-22-23-41(51-32)35(34)38(47)44(31(26-45)25-29-17-12-10-13-18-29)37(41)39(48)43(24-8-3)27(4)16-7-2/h6,8,10-15,17-20,27-28,31-32,34-37,45H,1,3,7,9,16,21-26H2,2,4-5H3,(H,42,46)/t27?,28-,31-,32+,34-,35-,36-,37+,41-/m1/s1. The first-order valence-corrected chi connectivity index (χ1v) is 18.3. The van der Waals surface area contributed by atoms with Crippen LogP contribution in [-0.4, -0.2) is 87.6 Å². The number of hydrogen-bond acceptors (Lipinski definition) is 7. The number of fused-ring (bicyclic) bond motifs is 1. The number of amides is 3. The third-order valence-electron chi connectivity index (χ3n) is 10.8. The lowest BCUT2D eigenvalue weighted by atomic mass is 9.70. The fraction of sp³-hybridized carbons (Fsp3) is 0.512. The highest BCUT2D eigenvalue weighted by Crippen LogP contribution is 2.59. The molecule has 2 N–H and O–H groups in total. The van der Waals surface area contributed by atoms with Crippen LogP contribution in [0.2, 0.25) is 0 Å². The van der Waals surface area contributed by atoms with Crippen molar-refractivity contribution in [1.82, 2.24) is 15.1 Å². The number of rotatable bonds is 18. The van der Waals surface area contributed by atoms with Crippen molar-refractivity contribution in [1.29, 1.82) is 0 Å². The predicted molar refractivity (Wildman–Crippen MR) is 194 cm³/mol. The van der Waals surface area contributed by atoms with E-state index in [9.17, 15) is 24.3 Å². The summed E-state index contributed by atoms with van der Waals surface area (Å²) in [6, 6.07) is 16.2. The Labute approximate surface area is 301 Å². The lowest BCUT2D eigenvalue weighted by Gasteiger charge is -2.41. The maximum Gasteiger partial charge on any atom is 0.313 e. The van der Waals surface area contributed by atoms with E-state index < -0.39 is 59.6 Å². The summed E-state index contributed by atoms with van der Waals surface area (Å²) in [5, 5.41) is 13.8. The van der Waals surface area contributed by atoms with E-state index in [-0.39, 0.29) is 37.4 Å². The van der Waals surface area contributed by atoms with Gasteiger partial charge in [0, 0.05) is 19.0 Å². The van der Waals surface area contributed by atoms with Gasteiger partial charge in [0.2, 0.25) is 17.7 Å². The van der Waals surface area contributed by atoms with Gasteiger partial charge in [0.1, 0.15) is 17.7 Å². The Hall–Kier alpha value is -4.28. The molecule has 0 aliphatic carbocycles. The van der Waals surface area contributed by atoms with Gasteiger partial charge in [0.05, 0.1) is 36.6 Å². The molecular weight excluding hydrogens is 646 g/mol. The molecule has 1 spiro atoms. The fourth-order valence-corrected chi connectivity index (χ4v) is 8.47. The number of aliphatic hydroxyl groups excluding tert-OH is 1. The van der Waals surface area contributed by atoms with Gasteiger partial charge in [-0.15, -0.1) is 13.2 Å². The highest BCUT2D eigenvalue weighted by atomic mass is 16.6. The van der Waals surface area contributed by atoms with Crippen LogP contribution in [0.5, 0.6) is 0 Å². The zero-order valence-electron chi connectivity index (χ0n) is 30.1. The molecule has 0 aromatic heterocycles. The van der Waals surface area contributed by atoms with Crippen LogP contribution in [0, 0.1) is 11.8 Å². The lowest BCUT2D eigenvalue weighted by Crippen LogP contribution is -2.60. The number of likely N-dealkylation sites (tertiary alicyclic amines) is 1. The Morgan fingerprint density at radius 3 is 2.41 bits per heavy atom. The monoisotopic (exact) mass is 699 g/mol. The van der Waals surface area contributed by atoms with Crippen LogP contribution < -0.4 is 5.32 Å². The molecule has 2 bridgehead atoms. The van der Waals surface area contributed by atoms with E-state index in [4.69, 9.17) is 9.47 Å². The molecule has 3 amide bonds. The van der Waals surface area contributed by atoms with E-state index in [2.05, 4.69) is 25.4 Å². The minimum Gasteiger partial charge on any atom is -0.455 e. The molecule has 10 nitrogen and oxygen atoms in total. The molecule has 2 aromatic rings. The summed E-state index contributed by atoms with van der Waals surface area (Å²) in [5.74, 6) is -3.43. The van der Waals surface area contributed by atoms with Gasteiger partial charge in [-0.1, -0.05) is 86.2 Å². The molecule has 0 saturated carbocycles. The average Bonchev–Trinajstić information content (AvgIpc) is 3.78. The molecule has 3 saturated heterocycles. The van der Waals surface area contributed by atoms with Crippen molar-refractivity contribution >= 4 is 23.7 Å². The Morgan fingerprint density at radius 1 is 1.10 bits per heavy atom. The number of benzene rings is 2. The number of nitrogens with one attached hydrogen (secondary N) is 1. The van der Waals surface area contributed by atoms with E-state index in [1.807, 2.05) is 67.6 Å². The average molecular weight is 700 g/mol. The van der Waals surface area contributed by atoms with Crippen LogP contribution in [0.4, 0.5) is 0 Å². The summed E-state index contributed by atoms with van der Waals surface area (Å²) in [7, 11) is 0. The first kappa shape index (κ1) is 38.0. The molecule has 3 aliphatic heterocycles. The Bertz CT molecular complexity index is 1550. The maximum absolute atomic E-state index is 14.9. The number of carbonyl (C=O) groups is 4. The third-order valence-corrected chi connectivity index (χ3v) is 10.8. The molecule has 0 radical (unpaired) electrons. The summed E-state index contributed by atoms with van der Waals surface area (Å²) in [6.45, 7) is 13.3. The second kappa shape index (κ2) is 16.8. The van der Waals surface area contributed by atoms with Crippen LogP contribution in [0.1, 0.15) is 76.5 Å². The largest absolute Gasteiger partial charge is 0.455 e. The predicted octanol–water partition coefficient (Wildman–Crippen LogP) is 4.92. The van der Waals surface area contributed by atoms with Gasteiger partial charge < -0.3 is 29.7 Å². The Kier molecular flexibility index (Phi) is 12.5. The maximum atomic E-state index is 14.9. The van der Waals surface area contributed by atoms with Gasteiger partial charge in [0.15, 0.2) is 0 Å². The zero-order valence-corrected chi connectivity index (χ0v) is 30.1. The number of allylic oxidation sites excluding steroid dienone is 1. The highest BCUT2D eigenvalue weighted by Gasteiger charge is 2.75. The quantitative estimate of drug-likeness (QED) is 0.167. The summed E-state index contributed by atoms with van der Waals surface area (Å²) >= 11 is 0. The molecule has 274 valence electrons. The highest BCUT2D eigenvalue weighted by molar-refractivity contribution is 5.98. The number of ether oxygens (including phenoxy) is 2. The van der Waals surface area contributed by atoms with Crippen LogP contribution in [-0.2, 0) is 35.1 Å². The van der Waals surface area contributed by atoms with Crippen molar-refractivity contribution in [2.45, 2.75) is 108 Å². The van der Waals surface area contributed by atoms with Crippen molar-refractivity contribution < 1.29 is 33.8 Å². The van der Waals surface area contributed by atoms with Crippen molar-refractivity contribution in [2.24, 2.45) is 11.8 Å². The number of esters is 1. The molecule has 3 heterocycles. The van der Waals surface area contributed by atoms with Crippen LogP contribution in [0.15, 0.2) is 86.0 Å². The van der Waals surface area contributed by atoms with Gasteiger partial charge >= 0.3 is 5.97 Å². The Morgan fingerprint density at radius 2 is 1.78 bits per heavy atom. The molecular formula is C41H53N3O7. The molecule has 3 aliphatic rings.